The van der Waals surface area contributed by atoms with Gasteiger partial charge in [-0.05, 0) is 36.6 Å². The maximum atomic E-state index is 2.25. The van der Waals surface area contributed by atoms with Gasteiger partial charge >= 0.3 is 0 Å². The Bertz CT molecular complexity index is 273. The van der Waals surface area contributed by atoms with E-state index in [1.807, 2.05) is 0 Å². The zero-order valence-corrected chi connectivity index (χ0v) is 11.0. The maximum Gasteiger partial charge on any atom is -0.0170 e. The molecule has 0 bridgehead atoms. The lowest BCUT2D eigenvalue weighted by molar-refractivity contribution is 0.702. The van der Waals surface area contributed by atoms with Crippen LogP contribution in [-0.2, 0) is 6.42 Å². The smallest absolute Gasteiger partial charge is 0.0170 e. The summed E-state index contributed by atoms with van der Waals surface area (Å²) in [5.74, 6) is 0. The van der Waals surface area contributed by atoms with Crippen LogP contribution in [0.3, 0.4) is 0 Å². The third kappa shape index (κ3) is 4.26. The first-order chi connectivity index (χ1) is 7.95. The summed E-state index contributed by atoms with van der Waals surface area (Å²) in [6.45, 7) is 0. The molecule has 0 amide bonds. The second-order valence-corrected chi connectivity index (χ2v) is 6.33. The molecule has 1 heteroatoms. The highest BCUT2D eigenvalue weighted by atomic mass is 31.1. The lowest BCUT2D eigenvalue weighted by Gasteiger charge is -2.12. The summed E-state index contributed by atoms with van der Waals surface area (Å²) in [7, 11) is 1.70. The summed E-state index contributed by atoms with van der Waals surface area (Å²) in [6.07, 6.45) is 11.5. The summed E-state index contributed by atoms with van der Waals surface area (Å²) in [4.78, 5) is 0. The van der Waals surface area contributed by atoms with Crippen molar-refractivity contribution in [1.82, 2.24) is 0 Å². The molecule has 0 nitrogen and oxygen atoms in total. The van der Waals surface area contributed by atoms with Crippen molar-refractivity contribution in [3.05, 3.63) is 35.9 Å². The fraction of sp³-hybridized carbons (Fsp3) is 0.600. The number of hydrogen-bond acceptors (Lipinski definition) is 0. The largest absolute Gasteiger partial charge is 0.0772 e. The molecule has 0 aliphatic heterocycles. The van der Waals surface area contributed by atoms with Crippen molar-refractivity contribution in [3.63, 3.8) is 0 Å². The minimum Gasteiger partial charge on any atom is -0.0772 e. The molecule has 0 heterocycles. The highest BCUT2D eigenvalue weighted by Gasteiger charge is 2.11. The zero-order chi connectivity index (χ0) is 11.1. The monoisotopic (exact) mass is 233 g/mol. The van der Waals surface area contributed by atoms with Gasteiger partial charge in [0.15, 0.2) is 0 Å². The molecule has 1 fully saturated rings. The summed E-state index contributed by atoms with van der Waals surface area (Å²) in [5.41, 5.74) is 2.51. The number of hydrogen-bond donors (Lipinski definition) is 0. The predicted octanol–water partition coefficient (Wildman–Crippen LogP) is 4.90. The molecule has 0 saturated heterocycles. The van der Waals surface area contributed by atoms with E-state index >= 15 is 0 Å². The number of rotatable bonds is 4. The molecule has 16 heavy (non-hydrogen) atoms. The molecule has 1 aliphatic carbocycles. The average Bonchev–Trinajstić information content (AvgIpc) is 2.59. The standard InChI is InChI=1S/C15H22P/c1-2-7-11-15(10-6-1)16-13-12-14-8-4-3-5-9-14/h3-5,8-9,15H,1-2,6-7,10-13H2. The van der Waals surface area contributed by atoms with Crippen LogP contribution in [0.25, 0.3) is 0 Å². The van der Waals surface area contributed by atoms with Gasteiger partial charge in [0.2, 0.25) is 0 Å². The zero-order valence-electron chi connectivity index (χ0n) is 10.1. The Morgan fingerprint density at radius 1 is 0.938 bits per heavy atom. The molecule has 1 aromatic rings. The minimum atomic E-state index is 1.01. The van der Waals surface area contributed by atoms with E-state index in [1.165, 1.54) is 56.7 Å². The third-order valence-corrected chi connectivity index (χ3v) is 4.97. The van der Waals surface area contributed by atoms with Crippen LogP contribution in [-0.4, -0.2) is 11.8 Å². The lowest BCUT2D eigenvalue weighted by atomic mass is 10.2. The van der Waals surface area contributed by atoms with Crippen molar-refractivity contribution >= 4 is 8.58 Å². The van der Waals surface area contributed by atoms with Gasteiger partial charge in [-0.15, -0.1) is 0 Å². The molecule has 0 spiro atoms. The van der Waals surface area contributed by atoms with Gasteiger partial charge in [-0.25, -0.2) is 0 Å². The third-order valence-electron chi connectivity index (χ3n) is 3.46. The van der Waals surface area contributed by atoms with Crippen LogP contribution in [0.4, 0.5) is 0 Å². The van der Waals surface area contributed by atoms with E-state index in [-0.39, 0.29) is 0 Å². The summed E-state index contributed by atoms with van der Waals surface area (Å²) in [6, 6.07) is 10.9. The van der Waals surface area contributed by atoms with Gasteiger partial charge in [-0.3, -0.25) is 0 Å². The second-order valence-electron chi connectivity index (χ2n) is 4.79. The molecule has 2 rings (SSSR count). The molecule has 0 N–H and O–H groups in total. The van der Waals surface area contributed by atoms with Crippen LogP contribution < -0.4 is 0 Å². The van der Waals surface area contributed by atoms with Gasteiger partial charge in [0.05, 0.1) is 0 Å². The van der Waals surface area contributed by atoms with Crippen molar-refractivity contribution in [2.45, 2.75) is 50.6 Å². The van der Waals surface area contributed by atoms with Crippen LogP contribution in [0.15, 0.2) is 30.3 Å². The number of benzene rings is 1. The van der Waals surface area contributed by atoms with E-state index in [2.05, 4.69) is 30.3 Å². The van der Waals surface area contributed by atoms with Crippen molar-refractivity contribution in [2.75, 3.05) is 6.16 Å². The normalized spacial score (nSPS) is 19.0. The molecule has 0 unspecified atom stereocenters. The molecule has 0 atom stereocenters. The van der Waals surface area contributed by atoms with Gasteiger partial charge in [-0.1, -0.05) is 64.6 Å². The Morgan fingerprint density at radius 3 is 2.31 bits per heavy atom. The van der Waals surface area contributed by atoms with E-state index in [9.17, 15) is 0 Å². The van der Waals surface area contributed by atoms with Crippen molar-refractivity contribution < 1.29 is 0 Å². The van der Waals surface area contributed by atoms with Crippen molar-refractivity contribution in [1.29, 1.82) is 0 Å². The Morgan fingerprint density at radius 2 is 1.62 bits per heavy atom. The van der Waals surface area contributed by atoms with Gasteiger partial charge in [0.25, 0.3) is 0 Å². The van der Waals surface area contributed by atoms with E-state index in [0.717, 1.165) is 5.66 Å². The van der Waals surface area contributed by atoms with Gasteiger partial charge in [0, 0.05) is 0 Å². The fourth-order valence-electron chi connectivity index (χ4n) is 2.46. The Balaban J connectivity index is 1.67. The fourth-order valence-corrected chi connectivity index (χ4v) is 3.94. The summed E-state index contributed by atoms with van der Waals surface area (Å²) < 4.78 is 0. The Hall–Kier alpha value is -0.350. The first-order valence-electron chi connectivity index (χ1n) is 6.66. The van der Waals surface area contributed by atoms with E-state index in [0.29, 0.717) is 0 Å². The summed E-state index contributed by atoms with van der Waals surface area (Å²) in [5, 5.41) is 0. The molecular formula is C15H22P. The maximum absolute atomic E-state index is 2.25. The first kappa shape index (κ1) is 12.1. The Labute approximate surface area is 102 Å². The lowest BCUT2D eigenvalue weighted by Crippen LogP contribution is -2.00. The second kappa shape index (κ2) is 7.07. The van der Waals surface area contributed by atoms with E-state index < -0.39 is 0 Å². The topological polar surface area (TPSA) is 0 Å². The summed E-state index contributed by atoms with van der Waals surface area (Å²) >= 11 is 0. The van der Waals surface area contributed by atoms with Crippen molar-refractivity contribution in [2.24, 2.45) is 0 Å². The van der Waals surface area contributed by atoms with Crippen molar-refractivity contribution in [3.8, 4) is 0 Å². The molecule has 0 aromatic heterocycles. The van der Waals surface area contributed by atoms with Gasteiger partial charge in [-0.2, -0.15) is 0 Å². The van der Waals surface area contributed by atoms with Crippen LogP contribution in [0, 0.1) is 0 Å². The molecule has 1 radical (unpaired) electrons. The Kier molecular flexibility index (Phi) is 5.35. The minimum absolute atomic E-state index is 1.01. The molecule has 87 valence electrons. The molecular weight excluding hydrogens is 211 g/mol. The highest BCUT2D eigenvalue weighted by molar-refractivity contribution is 7.38. The average molecular weight is 233 g/mol. The van der Waals surface area contributed by atoms with Crippen LogP contribution >= 0.6 is 8.58 Å². The van der Waals surface area contributed by atoms with Gasteiger partial charge in [0.1, 0.15) is 0 Å². The van der Waals surface area contributed by atoms with E-state index in [4.69, 9.17) is 0 Å². The van der Waals surface area contributed by atoms with Crippen LogP contribution in [0.2, 0.25) is 0 Å². The molecule has 1 saturated carbocycles. The van der Waals surface area contributed by atoms with E-state index in [1.54, 1.807) is 8.58 Å². The van der Waals surface area contributed by atoms with Crippen LogP contribution in [0.1, 0.15) is 44.1 Å². The van der Waals surface area contributed by atoms with Crippen LogP contribution in [0.5, 0.6) is 0 Å². The SMILES string of the molecule is c1ccc(CC[P]C2CCCCCC2)cc1. The predicted molar refractivity (Wildman–Crippen MR) is 73.4 cm³/mol. The molecule has 1 aromatic carbocycles. The highest BCUT2D eigenvalue weighted by Crippen LogP contribution is 2.32. The molecule has 1 aliphatic rings. The van der Waals surface area contributed by atoms with Gasteiger partial charge < -0.3 is 0 Å². The number of aryl methyl sites for hydroxylation is 1. The first-order valence-corrected chi connectivity index (χ1v) is 7.80. The quantitative estimate of drug-likeness (QED) is 0.512.